The Hall–Kier alpha value is -0.510. The molecule has 0 aliphatic carbocycles. The van der Waals surface area contributed by atoms with E-state index in [1.54, 1.807) is 13.8 Å². The Labute approximate surface area is 64.6 Å². The van der Waals surface area contributed by atoms with E-state index in [0.717, 1.165) is 0 Å². The van der Waals surface area contributed by atoms with Crippen LogP contribution in [-0.2, 0) is 9.59 Å². The lowest BCUT2D eigenvalue weighted by Gasteiger charge is -2.12. The Kier molecular flexibility index (Phi) is 1.51. The zero-order chi connectivity index (χ0) is 7.94. The van der Waals surface area contributed by atoms with Gasteiger partial charge >= 0.3 is 0 Å². The van der Waals surface area contributed by atoms with Crippen LogP contribution < -0.4 is 5.32 Å². The number of Topliss-reactive ketones (excluding diaryl/α,β-unsaturated/α-hetero) is 1. The first-order valence-electron chi connectivity index (χ1n) is 3.04. The molecule has 1 rings (SSSR count). The highest BCUT2D eigenvalue weighted by molar-refractivity contribution is 7.82. The van der Waals surface area contributed by atoms with Crippen LogP contribution in [0, 0.1) is 5.92 Å². The van der Waals surface area contributed by atoms with Gasteiger partial charge in [0.05, 0.1) is 5.92 Å². The van der Waals surface area contributed by atoms with E-state index in [1.165, 1.54) is 0 Å². The molecule has 3 nitrogen and oxygen atoms in total. The molecule has 0 aromatic heterocycles. The van der Waals surface area contributed by atoms with Gasteiger partial charge in [-0.2, -0.15) is 0 Å². The van der Waals surface area contributed by atoms with E-state index in [2.05, 4.69) is 17.9 Å². The summed E-state index contributed by atoms with van der Waals surface area (Å²) in [6.45, 7) is 3.17. The molecular formula is C6H9NO2S. The first kappa shape index (κ1) is 7.60. The molecule has 0 aromatic rings. The average molecular weight is 159 g/mol. The van der Waals surface area contributed by atoms with Crippen LogP contribution in [0.2, 0.25) is 0 Å². The fourth-order valence-corrected chi connectivity index (χ4v) is 1.25. The molecule has 0 spiro atoms. The quantitative estimate of drug-likeness (QED) is 0.385. The third-order valence-electron chi connectivity index (χ3n) is 1.63. The maximum absolute atomic E-state index is 11.1. The standard InChI is InChI=1S/C6H9NO2S/c1-3-4(8)6(2,10)7-5(3)9/h3,10H,1-2H3,(H,7,9). The van der Waals surface area contributed by atoms with Crippen molar-refractivity contribution in [3.8, 4) is 0 Å². The summed E-state index contributed by atoms with van der Waals surface area (Å²) in [7, 11) is 0. The minimum absolute atomic E-state index is 0.152. The predicted molar refractivity (Wildman–Crippen MR) is 39.7 cm³/mol. The Balaban J connectivity index is 2.92. The minimum atomic E-state index is -0.948. The lowest BCUT2D eigenvalue weighted by Crippen LogP contribution is -2.37. The highest BCUT2D eigenvalue weighted by atomic mass is 32.1. The van der Waals surface area contributed by atoms with Crippen molar-refractivity contribution < 1.29 is 9.59 Å². The van der Waals surface area contributed by atoms with Crippen molar-refractivity contribution in [3.05, 3.63) is 0 Å². The molecule has 0 saturated carbocycles. The average Bonchev–Trinajstić information content (AvgIpc) is 1.95. The molecule has 4 heteroatoms. The van der Waals surface area contributed by atoms with Crippen LogP contribution in [0.15, 0.2) is 0 Å². The topological polar surface area (TPSA) is 46.2 Å². The third kappa shape index (κ3) is 0.923. The van der Waals surface area contributed by atoms with Gasteiger partial charge in [0.1, 0.15) is 4.87 Å². The van der Waals surface area contributed by atoms with Crippen molar-refractivity contribution >= 4 is 24.3 Å². The summed E-state index contributed by atoms with van der Waals surface area (Å²) in [6, 6.07) is 0. The Morgan fingerprint density at radius 2 is 2.10 bits per heavy atom. The minimum Gasteiger partial charge on any atom is -0.335 e. The maximum Gasteiger partial charge on any atom is 0.231 e. The van der Waals surface area contributed by atoms with E-state index in [4.69, 9.17) is 0 Å². The van der Waals surface area contributed by atoms with Crippen LogP contribution in [0.5, 0.6) is 0 Å². The van der Waals surface area contributed by atoms with Crippen molar-refractivity contribution in [2.75, 3.05) is 0 Å². The summed E-state index contributed by atoms with van der Waals surface area (Å²) in [5, 5.41) is 2.47. The molecule has 0 radical (unpaired) electrons. The van der Waals surface area contributed by atoms with Gasteiger partial charge in [0.15, 0.2) is 5.78 Å². The monoisotopic (exact) mass is 159 g/mol. The molecule has 2 atom stereocenters. The number of thiol groups is 1. The van der Waals surface area contributed by atoms with Gasteiger partial charge in [-0.05, 0) is 13.8 Å². The third-order valence-corrected chi connectivity index (χ3v) is 1.97. The summed E-state index contributed by atoms with van der Waals surface area (Å²) >= 11 is 3.98. The summed E-state index contributed by atoms with van der Waals surface area (Å²) in [4.78, 5) is 20.9. The molecule has 1 saturated heterocycles. The molecule has 56 valence electrons. The van der Waals surface area contributed by atoms with Gasteiger partial charge in [-0.15, -0.1) is 12.6 Å². The number of carbonyl (C=O) groups is 2. The van der Waals surface area contributed by atoms with E-state index >= 15 is 0 Å². The Morgan fingerprint density at radius 1 is 1.60 bits per heavy atom. The lowest BCUT2D eigenvalue weighted by molar-refractivity contribution is -0.127. The van der Waals surface area contributed by atoms with Gasteiger partial charge in [-0.25, -0.2) is 0 Å². The number of hydrogen-bond donors (Lipinski definition) is 2. The molecule has 1 fully saturated rings. The summed E-state index contributed by atoms with van der Waals surface area (Å²) in [5.74, 6) is -0.925. The van der Waals surface area contributed by atoms with Crippen LogP contribution in [0.3, 0.4) is 0 Å². The summed E-state index contributed by atoms with van der Waals surface area (Å²) in [5.41, 5.74) is 0. The fourth-order valence-electron chi connectivity index (χ4n) is 0.950. The van der Waals surface area contributed by atoms with Crippen molar-refractivity contribution in [1.29, 1.82) is 0 Å². The second kappa shape index (κ2) is 1.99. The van der Waals surface area contributed by atoms with Gasteiger partial charge in [0.2, 0.25) is 5.91 Å². The predicted octanol–water partition coefficient (Wildman–Crippen LogP) is -0.0326. The first-order valence-corrected chi connectivity index (χ1v) is 3.48. The van der Waals surface area contributed by atoms with E-state index < -0.39 is 10.8 Å². The first-order chi connectivity index (χ1) is 4.45. The van der Waals surface area contributed by atoms with Crippen molar-refractivity contribution in [2.45, 2.75) is 18.7 Å². The van der Waals surface area contributed by atoms with E-state index in [0.29, 0.717) is 0 Å². The number of carbonyl (C=O) groups excluding carboxylic acids is 2. The second-order valence-corrected chi connectivity index (χ2v) is 3.54. The largest absolute Gasteiger partial charge is 0.335 e. The zero-order valence-corrected chi connectivity index (χ0v) is 6.74. The van der Waals surface area contributed by atoms with E-state index in [9.17, 15) is 9.59 Å². The number of ketones is 1. The Morgan fingerprint density at radius 3 is 2.20 bits per heavy atom. The van der Waals surface area contributed by atoms with Crippen LogP contribution in [0.4, 0.5) is 0 Å². The zero-order valence-electron chi connectivity index (χ0n) is 5.84. The van der Waals surface area contributed by atoms with Gasteiger partial charge < -0.3 is 5.32 Å². The normalized spacial score (nSPS) is 40.1. The number of rotatable bonds is 0. The van der Waals surface area contributed by atoms with Gasteiger partial charge in [-0.3, -0.25) is 9.59 Å². The lowest BCUT2D eigenvalue weighted by atomic mass is 10.1. The fraction of sp³-hybridized carbons (Fsp3) is 0.667. The van der Waals surface area contributed by atoms with Crippen LogP contribution in [-0.4, -0.2) is 16.6 Å². The maximum atomic E-state index is 11.1. The van der Waals surface area contributed by atoms with Crippen LogP contribution in [0.25, 0.3) is 0 Å². The van der Waals surface area contributed by atoms with Gasteiger partial charge in [-0.1, -0.05) is 0 Å². The molecule has 1 heterocycles. The van der Waals surface area contributed by atoms with Crippen molar-refractivity contribution in [3.63, 3.8) is 0 Å². The summed E-state index contributed by atoms with van der Waals surface area (Å²) < 4.78 is 0. The van der Waals surface area contributed by atoms with Crippen molar-refractivity contribution in [2.24, 2.45) is 5.92 Å². The second-order valence-electron chi connectivity index (χ2n) is 2.65. The molecule has 1 amide bonds. The van der Waals surface area contributed by atoms with E-state index in [-0.39, 0.29) is 11.7 Å². The molecule has 2 unspecified atom stereocenters. The molecule has 1 aliphatic heterocycles. The van der Waals surface area contributed by atoms with Crippen LogP contribution in [0.1, 0.15) is 13.8 Å². The van der Waals surface area contributed by atoms with Gasteiger partial charge in [0, 0.05) is 0 Å². The molecule has 1 aliphatic rings. The highest BCUT2D eigenvalue weighted by Gasteiger charge is 2.44. The number of nitrogens with one attached hydrogen (secondary N) is 1. The van der Waals surface area contributed by atoms with Gasteiger partial charge in [0.25, 0.3) is 0 Å². The Bertz CT molecular complexity index is 200. The number of hydrogen-bond acceptors (Lipinski definition) is 3. The van der Waals surface area contributed by atoms with E-state index in [1.807, 2.05) is 0 Å². The van der Waals surface area contributed by atoms with Crippen LogP contribution >= 0.6 is 12.6 Å². The number of amides is 1. The molecule has 10 heavy (non-hydrogen) atoms. The smallest absolute Gasteiger partial charge is 0.231 e. The van der Waals surface area contributed by atoms with Crippen molar-refractivity contribution in [1.82, 2.24) is 5.32 Å². The highest BCUT2D eigenvalue weighted by Crippen LogP contribution is 2.23. The molecule has 0 bridgehead atoms. The molecular weight excluding hydrogens is 150 g/mol. The molecule has 0 aromatic carbocycles. The molecule has 1 N–H and O–H groups in total. The summed E-state index contributed by atoms with van der Waals surface area (Å²) in [6.07, 6.45) is 0. The SMILES string of the molecule is CC1C(=O)NC(C)(S)C1=O.